The number of alkyl halides is 9. The Hall–Kier alpha value is -14.0. The monoisotopic (exact) mass is 2130 g/mol. The van der Waals surface area contributed by atoms with Gasteiger partial charge in [-0.25, -0.2) is 19.9 Å². The Kier molecular flexibility index (Phi) is 37.0. The van der Waals surface area contributed by atoms with E-state index in [1.807, 2.05) is 113 Å². The molecule has 37 heteroatoms. The predicted octanol–water partition coefficient (Wildman–Crippen LogP) is 24.9. The highest BCUT2D eigenvalue weighted by Gasteiger charge is 2.35. The SMILES string of the molecule is C=C(NCC(C)C)c1csc(CN(Cc2cccc(C(F)(F)F)c2)Cc2ccc3c(c2)OCO3)n1.C=C(NCCC)c1csc(CN(Cc2cccc(C(F)(F)F)c2)Cc2ccc3c(c2)OCO3)n1.C=C(NO)c1csc(CN(Cc2ccc3c(c2)OCO3)Cc2ccc(OC)cc2OC)n1.C=C(c1csc(CN(Cc2cccc(C(F)(F)F)c2)Cc2ccc3c(c2)OCO3)n1)N1CCN(C(c2ccccc2)c2ccccc2)CC1. The van der Waals surface area contributed by atoms with Crippen molar-refractivity contribution in [2.24, 2.45) is 5.92 Å². The number of ether oxygens (including phenoxy) is 10. The van der Waals surface area contributed by atoms with Crippen molar-refractivity contribution in [1.82, 2.24) is 65.4 Å². The van der Waals surface area contributed by atoms with E-state index < -0.39 is 35.2 Å². The molecule has 0 saturated carbocycles. The van der Waals surface area contributed by atoms with Crippen molar-refractivity contribution in [2.45, 2.75) is 130 Å². The second kappa shape index (κ2) is 51.0. The second-order valence-corrected chi connectivity index (χ2v) is 40.3. The van der Waals surface area contributed by atoms with Crippen molar-refractivity contribution < 1.29 is 92.1 Å². The lowest BCUT2D eigenvalue weighted by Crippen LogP contribution is -2.46. The number of aromatic nitrogens is 4. The molecular formula is C113H116F9N13O11S4. The number of nitrogens with zero attached hydrogens (tertiary/aromatic N) is 10. The highest BCUT2D eigenvalue weighted by molar-refractivity contribution is 7.10. The molecule has 0 bridgehead atoms. The van der Waals surface area contributed by atoms with E-state index in [1.54, 1.807) is 43.8 Å². The first kappa shape index (κ1) is 109. The molecule has 0 radical (unpaired) electrons. The van der Waals surface area contributed by atoms with Crippen LogP contribution in [0.25, 0.3) is 22.8 Å². The Labute approximate surface area is 881 Å². The van der Waals surface area contributed by atoms with E-state index in [0.29, 0.717) is 147 Å². The van der Waals surface area contributed by atoms with Crippen molar-refractivity contribution in [2.75, 3.05) is 80.7 Å². The zero-order valence-corrected chi connectivity index (χ0v) is 86.7. The molecule has 0 atom stereocenters. The molecule has 14 aromatic rings. The summed E-state index contributed by atoms with van der Waals surface area (Å²) in [4.78, 5) is 32.3. The number of rotatable bonds is 41. The lowest BCUT2D eigenvalue weighted by Gasteiger charge is -2.41. The highest BCUT2D eigenvalue weighted by Crippen LogP contribution is 2.42. The number of benzene rings is 10. The summed E-state index contributed by atoms with van der Waals surface area (Å²) in [5, 5.41) is 26.9. The van der Waals surface area contributed by atoms with Gasteiger partial charge in [-0.1, -0.05) is 193 Å². The first-order valence-electron chi connectivity index (χ1n) is 48.5. The Morgan fingerprint density at radius 1 is 0.380 bits per heavy atom. The van der Waals surface area contributed by atoms with Gasteiger partial charge in [-0.15, -0.1) is 45.3 Å². The number of hydrogen-bond donors (Lipinski definition) is 4. The maximum absolute atomic E-state index is 13.5. The third kappa shape index (κ3) is 30.2. The number of thiazole rings is 4. The average molecular weight is 2130 g/mol. The minimum Gasteiger partial charge on any atom is -0.497 e. The minimum absolute atomic E-state index is 0.175. The van der Waals surface area contributed by atoms with Crippen molar-refractivity contribution in [3.63, 3.8) is 0 Å². The summed E-state index contributed by atoms with van der Waals surface area (Å²) < 4.78 is 175. The average Bonchev–Trinajstić information content (AvgIpc) is 1.05. The Morgan fingerprint density at radius 2 is 0.720 bits per heavy atom. The molecule has 0 aliphatic carbocycles. The van der Waals surface area contributed by atoms with Crippen LogP contribution >= 0.6 is 45.3 Å². The molecule has 0 spiro atoms. The van der Waals surface area contributed by atoms with Gasteiger partial charge in [0, 0.05) is 125 Å². The number of methoxy groups -OCH3 is 2. The molecule has 0 unspecified atom stereocenters. The van der Waals surface area contributed by atoms with Gasteiger partial charge < -0.3 is 62.9 Å². The van der Waals surface area contributed by atoms with Gasteiger partial charge in [0.1, 0.15) is 31.5 Å². The van der Waals surface area contributed by atoms with Crippen LogP contribution in [-0.4, -0.2) is 135 Å². The van der Waals surface area contributed by atoms with Gasteiger partial charge in [0.2, 0.25) is 27.2 Å². The molecule has 4 aromatic heterocycles. The molecule has 0 amide bonds. The minimum atomic E-state index is -4.40. The topological polar surface area (TPSA) is 220 Å². The normalized spacial score (nSPS) is 13.4. The van der Waals surface area contributed by atoms with E-state index in [2.05, 4.69) is 158 Å². The molecule has 786 valence electrons. The Balaban J connectivity index is 0.000000145. The van der Waals surface area contributed by atoms with Crippen LogP contribution in [0, 0.1) is 5.92 Å². The molecule has 10 aromatic carbocycles. The van der Waals surface area contributed by atoms with Crippen molar-refractivity contribution in [3.05, 3.63) is 387 Å². The van der Waals surface area contributed by atoms with Crippen LogP contribution in [0.1, 0.15) is 148 Å². The summed E-state index contributed by atoms with van der Waals surface area (Å²) in [5.41, 5.74) is 15.3. The fourth-order valence-electron chi connectivity index (χ4n) is 17.4. The third-order valence-corrected chi connectivity index (χ3v) is 28.2. The van der Waals surface area contributed by atoms with E-state index in [1.165, 1.54) is 81.5 Å². The third-order valence-electron chi connectivity index (χ3n) is 24.8. The van der Waals surface area contributed by atoms with E-state index in [0.717, 1.165) is 169 Å². The standard InChI is InChI=1S/C39H37F3N4O2S.C26H28F3N3O2S.C25H26F3N3O2S.C23H25N3O5S/c1-28(45-17-19-46(20-18-45)38(31-10-4-2-5-11-31)32-12-6-3-7-13-32)34-26-49-37(43-34)25-44(23-29-9-8-14-33(21-29)39(40,41)42)24-30-15-16-35-36(22-30)48-27-47-35;1-17(2)11-30-18(3)22-15-35-25(31-22)14-32(12-19-5-4-6-21(9-19)26(27,28)29)13-20-7-8-23-24(10-20)34-16-33-23;1-3-9-29-17(2)21-15-34-24(30-21)14-31(12-18-5-4-6-20(10-18)25(26,27)28)13-19-7-8-22-23(11-19)33-16-32-22;1-15(25-27)19-13-32-23(24-19)12-26(10-16-4-7-20-22(8-16)31-14-30-20)11-17-5-6-18(28-2)9-21(17)29-3/h2-16,21-22,26,38H,1,17-20,23-25,27H2;4-10,15,17,30H,3,11-14,16H2,1-2H3;4-8,10-11,15,29H,2-3,9,12-14,16H2,1H3;4-9,13,25,27H,1,10-12,14H2,2-3H3. The first-order valence-corrected chi connectivity index (χ1v) is 52.0. The van der Waals surface area contributed by atoms with Crippen LogP contribution in [0.4, 0.5) is 39.5 Å². The quantitative estimate of drug-likeness (QED) is 0.0207. The van der Waals surface area contributed by atoms with Crippen LogP contribution in [0.2, 0.25) is 0 Å². The van der Waals surface area contributed by atoms with Crippen LogP contribution < -0.4 is 63.5 Å². The molecule has 1 saturated heterocycles. The van der Waals surface area contributed by atoms with E-state index in [9.17, 15) is 39.5 Å². The first-order chi connectivity index (χ1) is 72.4. The maximum atomic E-state index is 13.5. The lowest BCUT2D eigenvalue weighted by molar-refractivity contribution is -0.138. The summed E-state index contributed by atoms with van der Waals surface area (Å²) >= 11 is 6.08. The van der Waals surface area contributed by atoms with E-state index in [4.69, 9.17) is 67.5 Å². The van der Waals surface area contributed by atoms with Crippen LogP contribution in [0.5, 0.6) is 57.5 Å². The Morgan fingerprint density at radius 3 is 1.07 bits per heavy atom. The summed E-state index contributed by atoms with van der Waals surface area (Å²) in [5.74, 6) is 7.58. The predicted molar refractivity (Wildman–Crippen MR) is 564 cm³/mol. The van der Waals surface area contributed by atoms with Crippen LogP contribution in [-0.2, 0) is 97.1 Å². The van der Waals surface area contributed by atoms with Crippen molar-refractivity contribution in [3.8, 4) is 57.5 Å². The maximum Gasteiger partial charge on any atom is 0.416 e. The molecule has 24 nitrogen and oxygen atoms in total. The highest BCUT2D eigenvalue weighted by atomic mass is 32.1. The van der Waals surface area contributed by atoms with Gasteiger partial charge in [0.25, 0.3) is 0 Å². The molecule has 5 aliphatic rings. The van der Waals surface area contributed by atoms with E-state index >= 15 is 0 Å². The van der Waals surface area contributed by atoms with Crippen molar-refractivity contribution >= 4 is 68.1 Å². The largest absolute Gasteiger partial charge is 0.497 e. The number of piperazine rings is 1. The second-order valence-electron chi connectivity index (χ2n) is 36.6. The molecule has 4 N–H and O–H groups in total. The van der Waals surface area contributed by atoms with Crippen LogP contribution in [0.3, 0.4) is 0 Å². The van der Waals surface area contributed by atoms with Gasteiger partial charge in [-0.3, -0.25) is 35.2 Å². The van der Waals surface area contributed by atoms with Crippen molar-refractivity contribution in [1.29, 1.82) is 0 Å². The van der Waals surface area contributed by atoms with Gasteiger partial charge in [-0.05, 0) is 135 Å². The molecule has 150 heavy (non-hydrogen) atoms. The number of halogens is 9. The molecule has 1 fully saturated rings. The fraction of sp³-hybridized carbons (Fsp3) is 0.292. The zero-order chi connectivity index (χ0) is 105. The fourth-order valence-corrected chi connectivity index (χ4v) is 20.8. The summed E-state index contributed by atoms with van der Waals surface area (Å²) in [6, 6.07) is 66.8. The van der Waals surface area contributed by atoms with Gasteiger partial charge in [0.15, 0.2) is 46.0 Å². The Bertz CT molecular complexity index is 6860. The summed E-state index contributed by atoms with van der Waals surface area (Å²) in [6.45, 7) is 34.3. The van der Waals surface area contributed by atoms with Crippen LogP contribution in [0.15, 0.2) is 272 Å². The van der Waals surface area contributed by atoms with Gasteiger partial charge in [-0.2, -0.15) is 39.5 Å². The molecular weight excluding hydrogens is 2010 g/mol. The zero-order valence-electron chi connectivity index (χ0n) is 83.5. The van der Waals surface area contributed by atoms with E-state index in [-0.39, 0.29) is 33.2 Å². The number of nitrogens with one attached hydrogen (secondary N) is 3. The molecule has 19 rings (SSSR count). The smallest absolute Gasteiger partial charge is 0.416 e. The van der Waals surface area contributed by atoms with Gasteiger partial charge >= 0.3 is 18.5 Å². The summed E-state index contributed by atoms with van der Waals surface area (Å²) in [7, 11) is 3.29. The number of fused-ring (bicyclic) bond motifs is 4. The summed E-state index contributed by atoms with van der Waals surface area (Å²) in [6.07, 6.45) is -12.2. The molecule has 9 heterocycles. The van der Waals surface area contributed by atoms with Gasteiger partial charge in [0.05, 0.1) is 109 Å². The lowest BCUT2D eigenvalue weighted by atomic mass is 9.96. The molecule has 5 aliphatic heterocycles. The number of hydroxylamine groups is 1. The number of hydrogen-bond acceptors (Lipinski definition) is 28.